The van der Waals surface area contributed by atoms with E-state index in [1.165, 1.54) is 33.4 Å². The van der Waals surface area contributed by atoms with Crippen molar-refractivity contribution in [3.8, 4) is 0 Å². The number of hydrogen-bond acceptors (Lipinski definition) is 0. The summed E-state index contributed by atoms with van der Waals surface area (Å²) in [4.78, 5) is 0. The van der Waals surface area contributed by atoms with Gasteiger partial charge in [-0.15, -0.1) is 0 Å². The minimum absolute atomic E-state index is 0. The maximum absolute atomic E-state index is 2.43. The monoisotopic (exact) mass is 470 g/mol. The first kappa shape index (κ1) is 22.2. The van der Waals surface area contributed by atoms with E-state index in [1.807, 2.05) is 0 Å². The average molecular weight is 473 g/mol. The van der Waals surface area contributed by atoms with Crippen molar-refractivity contribution < 1.29 is 48.0 Å². The molecule has 0 saturated heterocycles. The molecule has 0 aliphatic heterocycles. The van der Waals surface area contributed by atoms with E-state index in [0.29, 0.717) is 0 Å². The Bertz CT molecular complexity index is 842. The molecule has 0 atom stereocenters. The zero-order valence-electron chi connectivity index (χ0n) is 15.6. The Morgan fingerprint density at radius 1 is 0.593 bits per heavy atom. The fraction of sp³-hybridized carbons (Fsp3) is 0.167. The van der Waals surface area contributed by atoms with Crippen LogP contribution in [0.3, 0.4) is 0 Å². The summed E-state index contributed by atoms with van der Waals surface area (Å²) < 4.78 is 3.47. The molecule has 0 fully saturated rings. The second-order valence-corrected chi connectivity index (χ2v) is 10.3. The molecule has 2 aromatic rings. The van der Waals surface area contributed by atoms with Gasteiger partial charge in [-0.2, -0.15) is 0 Å². The van der Waals surface area contributed by atoms with Crippen molar-refractivity contribution in [2.24, 2.45) is 0 Å². The Balaban J connectivity index is 0.00000131. The van der Waals surface area contributed by atoms with Crippen LogP contribution in [0.2, 0.25) is 0 Å². The van der Waals surface area contributed by atoms with Gasteiger partial charge in [0.25, 0.3) is 0 Å². The van der Waals surface area contributed by atoms with Crippen LogP contribution in [0.25, 0.3) is 11.1 Å². The van der Waals surface area contributed by atoms with Crippen molar-refractivity contribution in [2.75, 3.05) is 0 Å². The molecule has 0 bridgehead atoms. The van der Waals surface area contributed by atoms with Gasteiger partial charge < -0.3 is 24.8 Å². The van der Waals surface area contributed by atoms with Crippen molar-refractivity contribution in [1.82, 2.24) is 0 Å². The van der Waals surface area contributed by atoms with Crippen LogP contribution < -0.4 is 24.8 Å². The second kappa shape index (κ2) is 9.88. The van der Waals surface area contributed by atoms with E-state index in [1.54, 1.807) is 6.56 Å². The van der Waals surface area contributed by atoms with E-state index >= 15 is 0 Å². The van der Waals surface area contributed by atoms with Crippen LogP contribution in [0.5, 0.6) is 0 Å². The molecule has 0 radical (unpaired) electrons. The molecular formula is C24H22Cl2Zr. The number of halogens is 2. The first-order valence-electron chi connectivity index (χ1n) is 8.92. The third-order valence-electron chi connectivity index (χ3n) is 5.04. The van der Waals surface area contributed by atoms with Gasteiger partial charge in [0.05, 0.1) is 0 Å². The van der Waals surface area contributed by atoms with Crippen molar-refractivity contribution in [2.45, 2.75) is 26.7 Å². The summed E-state index contributed by atoms with van der Waals surface area (Å²) in [5.41, 5.74) is 8.80. The average Bonchev–Trinajstić information content (AvgIpc) is 3.19. The first-order valence-corrected chi connectivity index (χ1v) is 11.4. The molecule has 136 valence electrons. The van der Waals surface area contributed by atoms with Gasteiger partial charge in [-0.25, -0.2) is 0 Å². The smallest absolute Gasteiger partial charge is 1.00 e. The molecule has 0 nitrogen and oxygen atoms in total. The Labute approximate surface area is 186 Å². The fourth-order valence-corrected chi connectivity index (χ4v) is 8.01. The zero-order valence-corrected chi connectivity index (χ0v) is 19.6. The van der Waals surface area contributed by atoms with E-state index in [2.05, 4.69) is 86.7 Å². The summed E-state index contributed by atoms with van der Waals surface area (Å²) in [6.07, 6.45) is 7.17. The minimum atomic E-state index is -0.764. The standard InChI is InChI=1S/2C12H11.2ClH.Zr/c2*1-10-6-5-9-12(10)11-7-3-2-4-8-11;;;/h2*2-4,6-8H,5H2,1H3;2*1H;/q;;;;+2/p-2. The molecule has 0 spiro atoms. The molecule has 0 unspecified atom stereocenters. The number of hydrogen-bond donors (Lipinski definition) is 0. The van der Waals surface area contributed by atoms with Crippen LogP contribution in [0.1, 0.15) is 37.8 Å². The second-order valence-electron chi connectivity index (χ2n) is 6.75. The molecule has 0 aromatic heterocycles. The van der Waals surface area contributed by atoms with Crippen LogP contribution in [-0.2, 0) is 23.2 Å². The summed E-state index contributed by atoms with van der Waals surface area (Å²) >= 11 is -0.764. The molecule has 0 amide bonds. The van der Waals surface area contributed by atoms with Gasteiger partial charge in [-0.05, 0) is 0 Å². The molecule has 2 aromatic carbocycles. The van der Waals surface area contributed by atoms with Crippen molar-refractivity contribution in [3.63, 3.8) is 0 Å². The number of allylic oxidation sites excluding steroid dienone is 8. The van der Waals surface area contributed by atoms with Gasteiger partial charge in [0, 0.05) is 0 Å². The van der Waals surface area contributed by atoms with Crippen LogP contribution in [0.15, 0.2) is 90.5 Å². The predicted octanol–water partition coefficient (Wildman–Crippen LogP) is 0.600. The van der Waals surface area contributed by atoms with E-state index in [-0.39, 0.29) is 24.8 Å². The van der Waals surface area contributed by atoms with Crippen molar-refractivity contribution in [3.05, 3.63) is 102 Å². The quantitative estimate of drug-likeness (QED) is 0.612. The number of benzene rings is 2. The molecule has 4 rings (SSSR count). The summed E-state index contributed by atoms with van der Waals surface area (Å²) in [7, 11) is 0. The van der Waals surface area contributed by atoms with Crippen molar-refractivity contribution >= 4 is 11.1 Å². The van der Waals surface area contributed by atoms with Crippen LogP contribution in [-0.4, -0.2) is 0 Å². The van der Waals surface area contributed by atoms with E-state index < -0.39 is 23.2 Å². The topological polar surface area (TPSA) is 0 Å². The summed E-state index contributed by atoms with van der Waals surface area (Å²) in [5, 5.41) is 0. The maximum Gasteiger partial charge on any atom is -1.00 e. The van der Waals surface area contributed by atoms with Gasteiger partial charge in [0.15, 0.2) is 0 Å². The Kier molecular flexibility index (Phi) is 8.10. The van der Waals surface area contributed by atoms with Crippen LogP contribution >= 0.6 is 0 Å². The first-order chi connectivity index (χ1) is 12.2. The molecule has 0 heterocycles. The van der Waals surface area contributed by atoms with E-state index in [9.17, 15) is 0 Å². The molecule has 2 aliphatic rings. The maximum atomic E-state index is 2.43. The molecule has 0 saturated carbocycles. The van der Waals surface area contributed by atoms with E-state index in [0.717, 1.165) is 12.8 Å². The molecule has 0 N–H and O–H groups in total. The van der Waals surface area contributed by atoms with E-state index in [4.69, 9.17) is 0 Å². The normalized spacial score (nSPS) is 15.6. The number of rotatable bonds is 4. The summed E-state index contributed by atoms with van der Waals surface area (Å²) in [5.74, 6) is 0. The molecular weight excluding hydrogens is 450 g/mol. The van der Waals surface area contributed by atoms with Gasteiger partial charge in [-0.1, -0.05) is 0 Å². The van der Waals surface area contributed by atoms with Gasteiger partial charge >= 0.3 is 163 Å². The molecule has 3 heteroatoms. The zero-order chi connectivity index (χ0) is 17.2. The Morgan fingerprint density at radius 2 is 0.963 bits per heavy atom. The Morgan fingerprint density at radius 3 is 1.33 bits per heavy atom. The Hall–Kier alpha value is -1.14. The summed E-state index contributed by atoms with van der Waals surface area (Å²) in [6, 6.07) is 21.9. The largest absolute Gasteiger partial charge is 1.00 e. The summed E-state index contributed by atoms with van der Waals surface area (Å²) in [6.45, 7) is 4.55. The van der Waals surface area contributed by atoms with Crippen LogP contribution in [0, 0.1) is 0 Å². The minimum Gasteiger partial charge on any atom is -1.00 e. The van der Waals surface area contributed by atoms with Gasteiger partial charge in [-0.3, -0.25) is 0 Å². The molecule has 27 heavy (non-hydrogen) atoms. The fourth-order valence-electron chi connectivity index (χ4n) is 3.82. The van der Waals surface area contributed by atoms with Gasteiger partial charge in [0.2, 0.25) is 0 Å². The van der Waals surface area contributed by atoms with Crippen molar-refractivity contribution in [1.29, 1.82) is 0 Å². The molecule has 2 aliphatic carbocycles. The third kappa shape index (κ3) is 4.65. The van der Waals surface area contributed by atoms with Gasteiger partial charge in [0.1, 0.15) is 0 Å². The SMILES string of the molecule is CC1=CC[C]([Zr+2][C]2=C(c3ccccc3)C(C)=CC2)=C1c1ccccc1.[Cl-].[Cl-]. The third-order valence-corrected chi connectivity index (χ3v) is 8.76. The predicted molar refractivity (Wildman–Crippen MR) is 103 cm³/mol. The van der Waals surface area contributed by atoms with Crippen LogP contribution in [0.4, 0.5) is 0 Å².